The standard InChI is InChI=1S/C19H24N4O2/c1-12-10-21-16-5-4-14(17(16)18(12)20-2)15-11-23(22-19(15)24-3)13-6-8-25-9-7-13/h4,10-11,13H,5-9H2,1-3H3,(H,20,21). The molecular formula is C19H24N4O2. The fourth-order valence-electron chi connectivity index (χ4n) is 3.81. The molecule has 0 amide bonds. The second-order valence-corrected chi connectivity index (χ2v) is 6.59. The number of nitrogens with zero attached hydrogens (tertiary/aromatic N) is 3. The molecule has 1 aliphatic carbocycles. The summed E-state index contributed by atoms with van der Waals surface area (Å²) in [5.41, 5.74) is 6.75. The predicted octanol–water partition coefficient (Wildman–Crippen LogP) is 2.98. The summed E-state index contributed by atoms with van der Waals surface area (Å²) in [6.07, 6.45) is 9.10. The van der Waals surface area contributed by atoms with E-state index in [0.717, 1.165) is 60.6 Å². The number of aromatic nitrogens is 3. The molecule has 1 saturated heterocycles. The Morgan fingerprint density at radius 2 is 2.12 bits per heavy atom. The first-order chi connectivity index (χ1) is 12.2. The van der Waals surface area contributed by atoms with E-state index in [1.54, 1.807) is 7.11 Å². The number of anilines is 1. The van der Waals surface area contributed by atoms with Crippen LogP contribution in [0.15, 0.2) is 18.5 Å². The second-order valence-electron chi connectivity index (χ2n) is 6.59. The van der Waals surface area contributed by atoms with Gasteiger partial charge in [0.15, 0.2) is 0 Å². The summed E-state index contributed by atoms with van der Waals surface area (Å²) in [5, 5.41) is 8.04. The average molecular weight is 340 g/mol. The summed E-state index contributed by atoms with van der Waals surface area (Å²) in [7, 11) is 3.64. The predicted molar refractivity (Wildman–Crippen MR) is 97.2 cm³/mol. The van der Waals surface area contributed by atoms with Gasteiger partial charge in [-0.05, 0) is 30.9 Å². The van der Waals surface area contributed by atoms with Crippen molar-refractivity contribution in [3.05, 3.63) is 40.9 Å². The zero-order valence-electron chi connectivity index (χ0n) is 15.0. The van der Waals surface area contributed by atoms with Crippen molar-refractivity contribution in [3.8, 4) is 5.88 Å². The molecule has 4 rings (SSSR count). The van der Waals surface area contributed by atoms with Gasteiger partial charge in [0.25, 0.3) is 0 Å². The SMILES string of the molecule is CNc1c(C)cnc2c1C(c1cn(C3CCOCC3)nc1OC)=CC2. The fraction of sp³-hybridized carbons (Fsp3) is 0.474. The van der Waals surface area contributed by atoms with Gasteiger partial charge in [0.1, 0.15) is 0 Å². The third-order valence-electron chi connectivity index (χ3n) is 5.11. The Labute approximate surface area is 147 Å². The lowest BCUT2D eigenvalue weighted by Gasteiger charge is -2.22. The molecule has 2 aromatic rings. The molecule has 0 saturated carbocycles. The van der Waals surface area contributed by atoms with E-state index in [9.17, 15) is 0 Å². The third kappa shape index (κ3) is 2.70. The quantitative estimate of drug-likeness (QED) is 0.927. The van der Waals surface area contributed by atoms with Crippen LogP contribution in [0.2, 0.25) is 0 Å². The first-order valence-corrected chi connectivity index (χ1v) is 8.81. The summed E-state index contributed by atoms with van der Waals surface area (Å²) in [5.74, 6) is 0.675. The van der Waals surface area contributed by atoms with Crippen molar-refractivity contribution < 1.29 is 9.47 Å². The van der Waals surface area contributed by atoms with Crippen LogP contribution in [-0.2, 0) is 11.2 Å². The zero-order chi connectivity index (χ0) is 17.4. The Morgan fingerprint density at radius 1 is 1.32 bits per heavy atom. The number of hydrogen-bond acceptors (Lipinski definition) is 5. The fourth-order valence-corrected chi connectivity index (χ4v) is 3.81. The van der Waals surface area contributed by atoms with E-state index in [0.29, 0.717) is 11.9 Å². The van der Waals surface area contributed by atoms with Gasteiger partial charge in [-0.3, -0.25) is 9.67 Å². The lowest BCUT2D eigenvalue weighted by molar-refractivity contribution is 0.0659. The van der Waals surface area contributed by atoms with Crippen LogP contribution in [0.1, 0.15) is 41.3 Å². The summed E-state index contributed by atoms with van der Waals surface area (Å²) in [6, 6.07) is 0.372. The maximum Gasteiger partial charge on any atom is 0.240 e. The van der Waals surface area contributed by atoms with E-state index in [-0.39, 0.29) is 0 Å². The topological polar surface area (TPSA) is 61.2 Å². The number of hydrogen-bond donors (Lipinski definition) is 1. The van der Waals surface area contributed by atoms with Gasteiger partial charge in [0.05, 0.1) is 24.4 Å². The highest BCUT2D eigenvalue weighted by atomic mass is 16.5. The number of nitrogens with one attached hydrogen (secondary N) is 1. The van der Waals surface area contributed by atoms with Crippen molar-refractivity contribution in [1.82, 2.24) is 14.8 Å². The van der Waals surface area contributed by atoms with Crippen LogP contribution in [0.4, 0.5) is 5.69 Å². The molecule has 1 aliphatic heterocycles. The summed E-state index contributed by atoms with van der Waals surface area (Å²) in [6.45, 7) is 3.67. The number of aryl methyl sites for hydroxylation is 1. The van der Waals surface area contributed by atoms with E-state index >= 15 is 0 Å². The molecule has 25 heavy (non-hydrogen) atoms. The van der Waals surface area contributed by atoms with E-state index in [1.165, 1.54) is 5.56 Å². The zero-order valence-corrected chi connectivity index (χ0v) is 15.0. The van der Waals surface area contributed by atoms with Gasteiger partial charge in [-0.25, -0.2) is 0 Å². The van der Waals surface area contributed by atoms with Crippen LogP contribution in [0.3, 0.4) is 0 Å². The molecule has 2 aliphatic rings. The minimum absolute atomic E-state index is 0.372. The minimum Gasteiger partial charge on any atom is -0.479 e. The molecule has 0 aromatic carbocycles. The van der Waals surface area contributed by atoms with E-state index in [4.69, 9.17) is 14.6 Å². The van der Waals surface area contributed by atoms with Crippen LogP contribution >= 0.6 is 0 Å². The van der Waals surface area contributed by atoms with Crippen LogP contribution in [0, 0.1) is 6.92 Å². The molecule has 6 heteroatoms. The monoisotopic (exact) mass is 340 g/mol. The van der Waals surface area contributed by atoms with E-state index < -0.39 is 0 Å². The van der Waals surface area contributed by atoms with Gasteiger partial charge in [-0.2, -0.15) is 0 Å². The number of rotatable bonds is 4. The van der Waals surface area contributed by atoms with E-state index in [2.05, 4.69) is 34.2 Å². The Bertz CT molecular complexity index is 819. The maximum atomic E-state index is 5.60. The molecule has 1 N–H and O–H groups in total. The number of allylic oxidation sites excluding steroid dienone is 1. The minimum atomic E-state index is 0.372. The van der Waals surface area contributed by atoms with Crippen molar-refractivity contribution in [2.45, 2.75) is 32.2 Å². The van der Waals surface area contributed by atoms with Gasteiger partial charge in [0.2, 0.25) is 5.88 Å². The normalized spacial score (nSPS) is 17.3. The molecule has 1 fully saturated rings. The Balaban J connectivity index is 1.77. The first kappa shape index (κ1) is 16.1. The third-order valence-corrected chi connectivity index (χ3v) is 5.11. The number of ether oxygens (including phenoxy) is 2. The largest absolute Gasteiger partial charge is 0.479 e. The smallest absolute Gasteiger partial charge is 0.240 e. The lowest BCUT2D eigenvalue weighted by atomic mass is 10.00. The molecule has 0 radical (unpaired) electrons. The van der Waals surface area contributed by atoms with Crippen LogP contribution in [-0.4, -0.2) is 42.1 Å². The molecule has 132 valence electrons. The van der Waals surface area contributed by atoms with Crippen molar-refractivity contribution in [3.63, 3.8) is 0 Å². The number of pyridine rings is 1. The molecule has 2 aromatic heterocycles. The molecule has 6 nitrogen and oxygen atoms in total. The highest BCUT2D eigenvalue weighted by Crippen LogP contribution is 2.41. The van der Waals surface area contributed by atoms with Crippen LogP contribution in [0.5, 0.6) is 5.88 Å². The second kappa shape index (κ2) is 6.52. The summed E-state index contributed by atoms with van der Waals surface area (Å²) >= 11 is 0. The van der Waals surface area contributed by atoms with Gasteiger partial charge in [0, 0.05) is 50.3 Å². The Kier molecular flexibility index (Phi) is 4.21. The average Bonchev–Trinajstić information content (AvgIpc) is 3.26. The van der Waals surface area contributed by atoms with Gasteiger partial charge in [-0.1, -0.05) is 6.08 Å². The van der Waals surface area contributed by atoms with Crippen molar-refractivity contribution in [1.29, 1.82) is 0 Å². The van der Waals surface area contributed by atoms with E-state index in [1.807, 2.05) is 13.2 Å². The molecular weight excluding hydrogens is 316 g/mol. The molecule has 0 spiro atoms. The highest BCUT2D eigenvalue weighted by molar-refractivity contribution is 5.92. The number of fused-ring (bicyclic) bond motifs is 1. The first-order valence-electron chi connectivity index (χ1n) is 8.81. The lowest BCUT2D eigenvalue weighted by Crippen LogP contribution is -2.19. The molecule has 3 heterocycles. The van der Waals surface area contributed by atoms with Gasteiger partial charge < -0.3 is 14.8 Å². The molecule has 0 unspecified atom stereocenters. The Morgan fingerprint density at radius 3 is 2.84 bits per heavy atom. The van der Waals surface area contributed by atoms with Gasteiger partial charge >= 0.3 is 0 Å². The van der Waals surface area contributed by atoms with Crippen molar-refractivity contribution in [2.75, 3.05) is 32.7 Å². The highest BCUT2D eigenvalue weighted by Gasteiger charge is 2.27. The van der Waals surface area contributed by atoms with Crippen LogP contribution in [0.25, 0.3) is 5.57 Å². The maximum absolute atomic E-state index is 5.60. The molecule has 0 atom stereocenters. The van der Waals surface area contributed by atoms with Crippen molar-refractivity contribution in [2.24, 2.45) is 0 Å². The summed E-state index contributed by atoms with van der Waals surface area (Å²) in [4.78, 5) is 4.62. The van der Waals surface area contributed by atoms with Crippen molar-refractivity contribution >= 4 is 11.3 Å². The Hall–Kier alpha value is -2.34. The van der Waals surface area contributed by atoms with Crippen LogP contribution < -0.4 is 10.1 Å². The number of methoxy groups -OCH3 is 1. The molecule has 0 bridgehead atoms. The summed E-state index contributed by atoms with van der Waals surface area (Å²) < 4.78 is 13.1. The van der Waals surface area contributed by atoms with Gasteiger partial charge in [-0.15, -0.1) is 5.10 Å².